The summed E-state index contributed by atoms with van der Waals surface area (Å²) in [4.78, 5) is 0. The predicted molar refractivity (Wildman–Crippen MR) is 64.8 cm³/mol. The maximum absolute atomic E-state index is 13.6. The summed E-state index contributed by atoms with van der Waals surface area (Å²) in [5.74, 6) is -0.0943. The van der Waals surface area contributed by atoms with Crippen molar-refractivity contribution in [1.29, 1.82) is 0 Å². The molecule has 2 heteroatoms. The lowest BCUT2D eigenvalue weighted by Crippen LogP contribution is -2.38. The molecule has 0 saturated heterocycles. The normalized spacial score (nSPS) is 19.8. The Balaban J connectivity index is 2.39. The van der Waals surface area contributed by atoms with Crippen LogP contribution in [0.4, 0.5) is 4.39 Å². The lowest BCUT2D eigenvalue weighted by atomic mass is 9.77. The molecule has 1 aliphatic carbocycles. The van der Waals surface area contributed by atoms with Gasteiger partial charge in [0.15, 0.2) is 0 Å². The number of rotatable bonds is 1. The van der Waals surface area contributed by atoms with Crippen molar-refractivity contribution in [3.63, 3.8) is 0 Å². The molecule has 16 heavy (non-hydrogen) atoms. The first-order valence-electron chi connectivity index (χ1n) is 6.09. The minimum Gasteiger partial charge on any atom is -0.321 e. The SMILES string of the molecule is Cc1cc(C2(N)CCCCC2)cc(C)c1F. The smallest absolute Gasteiger partial charge is 0.129 e. The first-order valence-corrected chi connectivity index (χ1v) is 6.09. The van der Waals surface area contributed by atoms with Crippen molar-refractivity contribution < 1.29 is 4.39 Å². The summed E-state index contributed by atoms with van der Waals surface area (Å²) in [6.07, 6.45) is 5.70. The Morgan fingerprint density at radius 3 is 2.06 bits per heavy atom. The van der Waals surface area contributed by atoms with Crippen LogP contribution in [-0.2, 0) is 5.54 Å². The van der Waals surface area contributed by atoms with Gasteiger partial charge in [0.1, 0.15) is 5.82 Å². The van der Waals surface area contributed by atoms with Gasteiger partial charge in [0.25, 0.3) is 0 Å². The fourth-order valence-corrected chi connectivity index (χ4v) is 2.70. The topological polar surface area (TPSA) is 26.0 Å². The zero-order valence-corrected chi connectivity index (χ0v) is 10.1. The lowest BCUT2D eigenvalue weighted by Gasteiger charge is -2.34. The van der Waals surface area contributed by atoms with E-state index in [0.29, 0.717) is 11.1 Å². The number of hydrogen-bond acceptors (Lipinski definition) is 1. The molecule has 0 heterocycles. The maximum atomic E-state index is 13.6. The summed E-state index contributed by atoms with van der Waals surface area (Å²) >= 11 is 0. The van der Waals surface area contributed by atoms with Gasteiger partial charge >= 0.3 is 0 Å². The largest absolute Gasteiger partial charge is 0.321 e. The second-order valence-corrected chi connectivity index (χ2v) is 5.14. The van der Waals surface area contributed by atoms with Gasteiger partial charge in [-0.05, 0) is 43.4 Å². The lowest BCUT2D eigenvalue weighted by molar-refractivity contribution is 0.302. The molecule has 1 nitrogen and oxygen atoms in total. The Kier molecular flexibility index (Phi) is 3.02. The molecule has 88 valence electrons. The fraction of sp³-hybridized carbons (Fsp3) is 0.571. The van der Waals surface area contributed by atoms with Crippen LogP contribution >= 0.6 is 0 Å². The van der Waals surface area contributed by atoms with Crippen molar-refractivity contribution in [2.45, 2.75) is 51.5 Å². The van der Waals surface area contributed by atoms with Crippen molar-refractivity contribution in [2.24, 2.45) is 5.73 Å². The Labute approximate surface area is 96.9 Å². The van der Waals surface area contributed by atoms with Crippen molar-refractivity contribution >= 4 is 0 Å². The van der Waals surface area contributed by atoms with Crippen molar-refractivity contribution in [1.82, 2.24) is 0 Å². The van der Waals surface area contributed by atoms with E-state index in [4.69, 9.17) is 5.73 Å². The van der Waals surface area contributed by atoms with Gasteiger partial charge in [0, 0.05) is 5.54 Å². The molecule has 0 radical (unpaired) electrons. The number of benzene rings is 1. The van der Waals surface area contributed by atoms with Crippen LogP contribution in [0.25, 0.3) is 0 Å². The highest BCUT2D eigenvalue weighted by Crippen LogP contribution is 2.35. The third-order valence-electron chi connectivity index (χ3n) is 3.76. The molecule has 2 rings (SSSR count). The highest BCUT2D eigenvalue weighted by Gasteiger charge is 2.30. The number of aryl methyl sites for hydroxylation is 2. The van der Waals surface area contributed by atoms with Crippen LogP contribution in [0.3, 0.4) is 0 Å². The maximum Gasteiger partial charge on any atom is 0.129 e. The second kappa shape index (κ2) is 4.17. The molecule has 1 aliphatic rings. The van der Waals surface area contributed by atoms with E-state index in [9.17, 15) is 4.39 Å². The van der Waals surface area contributed by atoms with Crippen LogP contribution in [0, 0.1) is 19.7 Å². The average Bonchev–Trinajstić information content (AvgIpc) is 2.26. The molecule has 1 fully saturated rings. The van der Waals surface area contributed by atoms with E-state index in [2.05, 4.69) is 0 Å². The third-order valence-corrected chi connectivity index (χ3v) is 3.76. The molecule has 1 aromatic carbocycles. The fourth-order valence-electron chi connectivity index (χ4n) is 2.70. The Bertz CT molecular complexity index is 369. The number of nitrogens with two attached hydrogens (primary N) is 1. The zero-order valence-electron chi connectivity index (χ0n) is 10.1. The molecule has 1 aromatic rings. The molecule has 2 N–H and O–H groups in total. The predicted octanol–water partition coefficient (Wildman–Crippen LogP) is 3.56. The highest BCUT2D eigenvalue weighted by molar-refractivity contribution is 5.35. The van der Waals surface area contributed by atoms with Gasteiger partial charge in [0.05, 0.1) is 0 Å². The van der Waals surface area contributed by atoms with E-state index in [1.165, 1.54) is 19.3 Å². The van der Waals surface area contributed by atoms with Crippen LogP contribution < -0.4 is 5.73 Å². The summed E-state index contributed by atoms with van der Waals surface area (Å²) in [5, 5.41) is 0. The van der Waals surface area contributed by atoms with E-state index >= 15 is 0 Å². The third kappa shape index (κ3) is 1.99. The minimum absolute atomic E-state index is 0.0943. The first-order chi connectivity index (χ1) is 7.53. The van der Waals surface area contributed by atoms with E-state index in [0.717, 1.165) is 18.4 Å². The van der Waals surface area contributed by atoms with Gasteiger partial charge in [-0.2, -0.15) is 0 Å². The monoisotopic (exact) mass is 221 g/mol. The minimum atomic E-state index is -0.221. The summed E-state index contributed by atoms with van der Waals surface area (Å²) in [7, 11) is 0. The van der Waals surface area contributed by atoms with Crippen molar-refractivity contribution in [2.75, 3.05) is 0 Å². The Morgan fingerprint density at radius 2 is 1.56 bits per heavy atom. The molecule has 0 aromatic heterocycles. The molecular formula is C14H20FN. The molecule has 0 atom stereocenters. The molecular weight excluding hydrogens is 201 g/mol. The quantitative estimate of drug-likeness (QED) is 0.771. The Morgan fingerprint density at radius 1 is 1.06 bits per heavy atom. The number of hydrogen-bond donors (Lipinski definition) is 1. The molecule has 0 amide bonds. The second-order valence-electron chi connectivity index (χ2n) is 5.14. The van der Waals surface area contributed by atoms with Gasteiger partial charge in [0.2, 0.25) is 0 Å². The van der Waals surface area contributed by atoms with E-state index in [-0.39, 0.29) is 11.4 Å². The van der Waals surface area contributed by atoms with Gasteiger partial charge in [-0.3, -0.25) is 0 Å². The van der Waals surface area contributed by atoms with Crippen LogP contribution in [0.5, 0.6) is 0 Å². The summed E-state index contributed by atoms with van der Waals surface area (Å²) < 4.78 is 13.6. The van der Waals surface area contributed by atoms with Gasteiger partial charge < -0.3 is 5.73 Å². The van der Waals surface area contributed by atoms with E-state index in [1.807, 2.05) is 26.0 Å². The molecule has 1 saturated carbocycles. The molecule has 0 aliphatic heterocycles. The van der Waals surface area contributed by atoms with Crippen molar-refractivity contribution in [3.8, 4) is 0 Å². The standard InChI is InChI=1S/C14H20FN/c1-10-8-12(9-11(2)13(10)15)14(16)6-4-3-5-7-14/h8-9H,3-7,16H2,1-2H3. The molecule has 0 bridgehead atoms. The van der Waals surface area contributed by atoms with Crippen molar-refractivity contribution in [3.05, 3.63) is 34.6 Å². The zero-order chi connectivity index (χ0) is 11.8. The molecule has 0 unspecified atom stereocenters. The summed E-state index contributed by atoms with van der Waals surface area (Å²) in [6.45, 7) is 3.63. The average molecular weight is 221 g/mol. The highest BCUT2D eigenvalue weighted by atomic mass is 19.1. The van der Waals surface area contributed by atoms with Gasteiger partial charge in [-0.1, -0.05) is 31.4 Å². The van der Waals surface area contributed by atoms with Crippen LogP contribution in [0.2, 0.25) is 0 Å². The van der Waals surface area contributed by atoms with Crippen LogP contribution in [-0.4, -0.2) is 0 Å². The van der Waals surface area contributed by atoms with E-state index < -0.39 is 0 Å². The van der Waals surface area contributed by atoms with Gasteiger partial charge in [-0.25, -0.2) is 4.39 Å². The first kappa shape index (κ1) is 11.6. The van der Waals surface area contributed by atoms with Gasteiger partial charge in [-0.15, -0.1) is 0 Å². The summed E-state index contributed by atoms with van der Waals surface area (Å²) in [6, 6.07) is 3.85. The molecule has 0 spiro atoms. The summed E-state index contributed by atoms with van der Waals surface area (Å²) in [5.41, 5.74) is 8.77. The Hall–Kier alpha value is -0.890. The van der Waals surface area contributed by atoms with E-state index in [1.54, 1.807) is 0 Å². The van der Waals surface area contributed by atoms with Crippen LogP contribution in [0.1, 0.15) is 48.8 Å². The number of halogens is 1. The van der Waals surface area contributed by atoms with Crippen LogP contribution in [0.15, 0.2) is 12.1 Å².